The largest absolute Gasteiger partial charge is 0.503 e. The molecule has 14 heavy (non-hydrogen) atoms. The molecule has 0 fully saturated rings. The Morgan fingerprint density at radius 2 is 0.929 bits per heavy atom. The molecule has 0 atom stereocenters. The van der Waals surface area contributed by atoms with Gasteiger partial charge in [-0.25, -0.2) is 4.79 Å². The van der Waals surface area contributed by atoms with Crippen molar-refractivity contribution < 1.29 is 25.2 Å². The van der Waals surface area contributed by atoms with Crippen LogP contribution in [0.4, 0.5) is 4.79 Å². The summed E-state index contributed by atoms with van der Waals surface area (Å²) in [6.07, 6.45) is 4.67. The third-order valence-electron chi connectivity index (χ3n) is 1.57. The number of hydrogen-bond donors (Lipinski definition) is 4. The Labute approximate surface area is 84.0 Å². The molecule has 0 heterocycles. The number of carboxylic acid groups (broad SMARTS) is 2. The molecule has 86 valence electrons. The van der Waals surface area contributed by atoms with Crippen LogP contribution in [0.15, 0.2) is 0 Å². The van der Waals surface area contributed by atoms with Crippen LogP contribution in [-0.2, 0) is 0 Å². The normalized spacial score (nSPS) is 9.00. The zero-order chi connectivity index (χ0) is 11.2. The molecule has 5 heteroatoms. The van der Waals surface area contributed by atoms with Gasteiger partial charge in [0.15, 0.2) is 0 Å². The summed E-state index contributed by atoms with van der Waals surface area (Å²) >= 11 is 0. The van der Waals surface area contributed by atoms with Crippen molar-refractivity contribution in [1.29, 1.82) is 0 Å². The molecule has 0 bridgehead atoms. The van der Waals surface area contributed by atoms with E-state index in [0.29, 0.717) is 13.2 Å². The van der Waals surface area contributed by atoms with Crippen molar-refractivity contribution in [2.45, 2.75) is 38.5 Å². The summed E-state index contributed by atoms with van der Waals surface area (Å²) in [5.41, 5.74) is 0. The first-order valence-corrected chi connectivity index (χ1v) is 4.78. The van der Waals surface area contributed by atoms with Crippen LogP contribution in [0, 0.1) is 0 Å². The summed E-state index contributed by atoms with van der Waals surface area (Å²) in [7, 11) is 0. The monoisotopic (exact) mass is 208 g/mol. The first kappa shape index (κ1) is 15.7. The fourth-order valence-electron chi connectivity index (χ4n) is 0.931. The lowest BCUT2D eigenvalue weighted by molar-refractivity contribution is 0.137. The van der Waals surface area contributed by atoms with E-state index in [1.807, 2.05) is 0 Å². The van der Waals surface area contributed by atoms with Crippen LogP contribution in [0.1, 0.15) is 38.5 Å². The van der Waals surface area contributed by atoms with Gasteiger partial charge in [-0.15, -0.1) is 0 Å². The van der Waals surface area contributed by atoms with Gasteiger partial charge in [0.1, 0.15) is 0 Å². The summed E-state index contributed by atoms with van der Waals surface area (Å²) < 4.78 is 0. The van der Waals surface area contributed by atoms with E-state index in [4.69, 9.17) is 25.2 Å². The van der Waals surface area contributed by atoms with Crippen LogP contribution in [0.25, 0.3) is 0 Å². The van der Waals surface area contributed by atoms with Gasteiger partial charge in [0, 0.05) is 13.2 Å². The number of rotatable bonds is 7. The van der Waals surface area contributed by atoms with Crippen LogP contribution in [0.3, 0.4) is 0 Å². The van der Waals surface area contributed by atoms with E-state index >= 15 is 0 Å². The van der Waals surface area contributed by atoms with Gasteiger partial charge in [0.25, 0.3) is 0 Å². The molecule has 0 radical (unpaired) electrons. The zero-order valence-electron chi connectivity index (χ0n) is 8.35. The first-order chi connectivity index (χ1) is 6.65. The highest BCUT2D eigenvalue weighted by Gasteiger charge is 1.88. The minimum atomic E-state index is -1.83. The van der Waals surface area contributed by atoms with Crippen molar-refractivity contribution >= 4 is 6.16 Å². The molecule has 0 unspecified atom stereocenters. The summed E-state index contributed by atoms with van der Waals surface area (Å²) in [5.74, 6) is 0. The Bertz CT molecular complexity index is 104. The van der Waals surface area contributed by atoms with Crippen LogP contribution < -0.4 is 0 Å². The van der Waals surface area contributed by atoms with Crippen molar-refractivity contribution in [2.75, 3.05) is 13.2 Å². The average molecular weight is 208 g/mol. The van der Waals surface area contributed by atoms with E-state index in [9.17, 15) is 0 Å². The molecule has 0 amide bonds. The molecule has 5 nitrogen and oxygen atoms in total. The van der Waals surface area contributed by atoms with Gasteiger partial charge in [0.05, 0.1) is 0 Å². The second-order valence-corrected chi connectivity index (χ2v) is 2.85. The summed E-state index contributed by atoms with van der Waals surface area (Å²) in [5, 5.41) is 30.8. The molecule has 0 saturated carbocycles. The fraction of sp³-hybridized carbons (Fsp3) is 0.889. The lowest BCUT2D eigenvalue weighted by Gasteiger charge is -1.97. The number of hydrogen-bond acceptors (Lipinski definition) is 3. The molecule has 0 spiro atoms. The molecule has 0 aromatic heterocycles. The molecule has 0 aliphatic rings. The predicted octanol–water partition coefficient (Wildman–Crippen LogP) is 1.53. The highest BCUT2D eigenvalue weighted by Crippen LogP contribution is 2.03. The SMILES string of the molecule is O=C(O)O.OCCCCCCCCO. The zero-order valence-corrected chi connectivity index (χ0v) is 8.35. The van der Waals surface area contributed by atoms with Gasteiger partial charge in [0.2, 0.25) is 0 Å². The molecule has 0 aromatic rings. The summed E-state index contributed by atoms with van der Waals surface area (Å²) in [6, 6.07) is 0. The van der Waals surface area contributed by atoms with Gasteiger partial charge in [-0.2, -0.15) is 0 Å². The molecule has 0 saturated heterocycles. The van der Waals surface area contributed by atoms with Crippen LogP contribution >= 0.6 is 0 Å². The second-order valence-electron chi connectivity index (χ2n) is 2.85. The molecule has 0 aromatic carbocycles. The minimum absolute atomic E-state index is 0.319. The third-order valence-corrected chi connectivity index (χ3v) is 1.57. The van der Waals surface area contributed by atoms with Gasteiger partial charge in [-0.1, -0.05) is 25.7 Å². The summed E-state index contributed by atoms with van der Waals surface area (Å²) in [4.78, 5) is 8.56. The molecular weight excluding hydrogens is 188 g/mol. The van der Waals surface area contributed by atoms with E-state index in [2.05, 4.69) is 0 Å². The van der Waals surface area contributed by atoms with E-state index in [1.165, 1.54) is 12.8 Å². The van der Waals surface area contributed by atoms with E-state index in [0.717, 1.165) is 25.7 Å². The maximum absolute atomic E-state index is 8.56. The topological polar surface area (TPSA) is 98.0 Å². The van der Waals surface area contributed by atoms with E-state index in [1.54, 1.807) is 0 Å². The quantitative estimate of drug-likeness (QED) is 0.476. The number of unbranched alkanes of at least 4 members (excludes halogenated alkanes) is 5. The number of carbonyl (C=O) groups is 1. The third kappa shape index (κ3) is 30.3. The van der Waals surface area contributed by atoms with Gasteiger partial charge >= 0.3 is 6.16 Å². The van der Waals surface area contributed by atoms with Crippen molar-refractivity contribution in [3.05, 3.63) is 0 Å². The fourth-order valence-corrected chi connectivity index (χ4v) is 0.931. The lowest BCUT2D eigenvalue weighted by atomic mass is 10.1. The van der Waals surface area contributed by atoms with Crippen molar-refractivity contribution in [1.82, 2.24) is 0 Å². The predicted molar refractivity (Wildman–Crippen MR) is 52.5 cm³/mol. The smallest absolute Gasteiger partial charge is 0.450 e. The standard InChI is InChI=1S/C8H18O2.CH2O3/c9-7-5-3-1-2-4-6-8-10;2-1(3)4/h9-10H,1-8H2;(H2,2,3,4). The Hall–Kier alpha value is -0.810. The first-order valence-electron chi connectivity index (χ1n) is 4.78. The minimum Gasteiger partial charge on any atom is -0.450 e. The molecule has 0 rings (SSSR count). The Kier molecular flexibility index (Phi) is 16.4. The second kappa shape index (κ2) is 14.7. The van der Waals surface area contributed by atoms with E-state index < -0.39 is 6.16 Å². The molecule has 4 N–H and O–H groups in total. The Balaban J connectivity index is 0. The van der Waals surface area contributed by atoms with Crippen molar-refractivity contribution in [3.8, 4) is 0 Å². The van der Waals surface area contributed by atoms with Crippen LogP contribution in [0.2, 0.25) is 0 Å². The maximum atomic E-state index is 8.56. The highest BCUT2D eigenvalue weighted by molar-refractivity contribution is 5.53. The van der Waals surface area contributed by atoms with E-state index in [-0.39, 0.29) is 0 Å². The Morgan fingerprint density at radius 1 is 0.714 bits per heavy atom. The number of aliphatic hydroxyl groups is 2. The lowest BCUT2D eigenvalue weighted by Crippen LogP contribution is -1.85. The highest BCUT2D eigenvalue weighted by atomic mass is 16.6. The molecular formula is C9H20O5. The van der Waals surface area contributed by atoms with Crippen LogP contribution in [-0.4, -0.2) is 39.8 Å². The van der Waals surface area contributed by atoms with Gasteiger partial charge < -0.3 is 20.4 Å². The van der Waals surface area contributed by atoms with Crippen molar-refractivity contribution in [3.63, 3.8) is 0 Å². The molecule has 0 aliphatic heterocycles. The van der Waals surface area contributed by atoms with Gasteiger partial charge in [-0.3, -0.25) is 0 Å². The average Bonchev–Trinajstić information content (AvgIpc) is 2.10. The van der Waals surface area contributed by atoms with Crippen molar-refractivity contribution in [2.24, 2.45) is 0 Å². The summed E-state index contributed by atoms with van der Waals surface area (Å²) in [6.45, 7) is 0.639. The number of aliphatic hydroxyl groups excluding tert-OH is 2. The van der Waals surface area contributed by atoms with Gasteiger partial charge in [-0.05, 0) is 12.8 Å². The maximum Gasteiger partial charge on any atom is 0.503 e. The van der Waals surface area contributed by atoms with Crippen LogP contribution in [0.5, 0.6) is 0 Å². The molecule has 0 aliphatic carbocycles. The Morgan fingerprint density at radius 3 is 1.14 bits per heavy atom.